The van der Waals surface area contributed by atoms with Crippen LogP contribution in [0, 0.1) is 17.2 Å². The molecule has 0 unspecified atom stereocenters. The van der Waals surface area contributed by atoms with E-state index in [0.29, 0.717) is 40.2 Å². The Morgan fingerprint density at radius 1 is 1.03 bits per heavy atom. The van der Waals surface area contributed by atoms with Gasteiger partial charge in [-0.25, -0.2) is 0 Å². The number of amides is 2. The second-order valence-corrected chi connectivity index (χ2v) is 8.73. The van der Waals surface area contributed by atoms with Crippen molar-refractivity contribution in [1.29, 1.82) is 5.41 Å². The number of carbonyl (C=O) groups is 2. The van der Waals surface area contributed by atoms with Crippen LogP contribution in [-0.4, -0.2) is 37.3 Å². The topological polar surface area (TPSA) is 125 Å². The van der Waals surface area contributed by atoms with Crippen LogP contribution in [0.3, 0.4) is 0 Å². The molecule has 2 aromatic rings. The van der Waals surface area contributed by atoms with E-state index in [9.17, 15) is 9.59 Å². The van der Waals surface area contributed by atoms with Crippen molar-refractivity contribution in [3.63, 3.8) is 0 Å². The van der Waals surface area contributed by atoms with E-state index in [2.05, 4.69) is 5.32 Å². The van der Waals surface area contributed by atoms with Crippen LogP contribution < -0.4 is 21.7 Å². The molecule has 0 aromatic heterocycles. The zero-order valence-corrected chi connectivity index (χ0v) is 18.8. The first-order chi connectivity index (χ1) is 15.4. The highest BCUT2D eigenvalue weighted by atomic mass is 35.5. The van der Waals surface area contributed by atoms with E-state index in [1.54, 1.807) is 48.5 Å². The number of hydrogen-bond acceptors (Lipinski definition) is 4. The number of nitrogens with two attached hydrogens (primary N) is 2. The number of halogens is 1. The summed E-state index contributed by atoms with van der Waals surface area (Å²) in [7, 11) is 0. The van der Waals surface area contributed by atoms with E-state index in [4.69, 9.17) is 28.5 Å². The standard InChI is InChI=1S/C24H30ClN5O2/c25-20-5-2-6-21(12-20)30(24(32)19-4-1-3-18(11-19)23(27)28)15-22(31)29-14-17-9-7-16(13-26)8-10-17/h1-6,11-12,16-17H,7-10,13-15,26H2,(H3,27,28)(H,29,31). The average Bonchev–Trinajstić information content (AvgIpc) is 2.81. The molecule has 2 amide bonds. The van der Waals surface area contributed by atoms with Crippen molar-refractivity contribution in [2.75, 3.05) is 24.5 Å². The summed E-state index contributed by atoms with van der Waals surface area (Å²) in [5, 5.41) is 11.1. The molecule has 32 heavy (non-hydrogen) atoms. The molecule has 1 fully saturated rings. The first-order valence-electron chi connectivity index (χ1n) is 10.9. The highest BCUT2D eigenvalue weighted by Crippen LogP contribution is 2.27. The van der Waals surface area contributed by atoms with Crippen LogP contribution in [0.5, 0.6) is 0 Å². The van der Waals surface area contributed by atoms with Crippen molar-refractivity contribution in [3.8, 4) is 0 Å². The fourth-order valence-electron chi connectivity index (χ4n) is 4.03. The Hall–Kier alpha value is -2.90. The third kappa shape index (κ3) is 6.31. The molecule has 0 spiro atoms. The molecule has 6 N–H and O–H groups in total. The molecule has 7 nitrogen and oxygen atoms in total. The van der Waals surface area contributed by atoms with Crippen LogP contribution in [0.1, 0.15) is 41.6 Å². The van der Waals surface area contributed by atoms with Gasteiger partial charge in [-0.2, -0.15) is 0 Å². The Labute approximate surface area is 193 Å². The van der Waals surface area contributed by atoms with Crippen molar-refractivity contribution >= 4 is 34.9 Å². The normalized spacial score (nSPS) is 18.1. The van der Waals surface area contributed by atoms with Gasteiger partial charge in [0.05, 0.1) is 0 Å². The fourth-order valence-corrected chi connectivity index (χ4v) is 4.21. The van der Waals surface area contributed by atoms with Crippen LogP contribution >= 0.6 is 11.6 Å². The third-order valence-electron chi connectivity index (χ3n) is 5.97. The zero-order valence-electron chi connectivity index (χ0n) is 18.0. The minimum absolute atomic E-state index is 0.129. The zero-order chi connectivity index (χ0) is 23.1. The fraction of sp³-hybridized carbons (Fsp3) is 0.375. The number of rotatable bonds is 8. The van der Waals surface area contributed by atoms with Crippen LogP contribution in [-0.2, 0) is 4.79 Å². The lowest BCUT2D eigenvalue weighted by Gasteiger charge is -2.28. The predicted molar refractivity (Wildman–Crippen MR) is 128 cm³/mol. The first-order valence-corrected chi connectivity index (χ1v) is 11.2. The highest BCUT2D eigenvalue weighted by Gasteiger charge is 2.24. The number of hydrogen-bond donors (Lipinski definition) is 4. The number of nitrogens with one attached hydrogen (secondary N) is 2. The van der Waals surface area contributed by atoms with E-state index in [0.717, 1.165) is 32.2 Å². The van der Waals surface area contributed by atoms with Crippen molar-refractivity contribution in [1.82, 2.24) is 5.32 Å². The maximum atomic E-state index is 13.3. The van der Waals surface area contributed by atoms with Gasteiger partial charge in [0, 0.05) is 28.4 Å². The van der Waals surface area contributed by atoms with Crippen molar-refractivity contribution in [2.45, 2.75) is 25.7 Å². The molecule has 170 valence electrons. The van der Waals surface area contributed by atoms with E-state index < -0.39 is 0 Å². The number of anilines is 1. The molecule has 1 aliphatic carbocycles. The molecule has 1 saturated carbocycles. The third-order valence-corrected chi connectivity index (χ3v) is 6.21. The van der Waals surface area contributed by atoms with E-state index in [1.807, 2.05) is 0 Å². The Kier molecular flexibility index (Phi) is 8.25. The summed E-state index contributed by atoms with van der Waals surface area (Å²) in [5.74, 6) is 0.292. The largest absolute Gasteiger partial charge is 0.384 e. The summed E-state index contributed by atoms with van der Waals surface area (Å²) in [4.78, 5) is 27.5. The lowest BCUT2D eigenvalue weighted by Crippen LogP contribution is -2.42. The second kappa shape index (κ2) is 11.1. The van der Waals surface area contributed by atoms with Crippen molar-refractivity contribution < 1.29 is 9.59 Å². The molecular formula is C24H30ClN5O2. The van der Waals surface area contributed by atoms with Gasteiger partial charge in [0.25, 0.3) is 5.91 Å². The van der Waals surface area contributed by atoms with Crippen molar-refractivity contribution in [2.24, 2.45) is 23.3 Å². The van der Waals surface area contributed by atoms with Gasteiger partial charge < -0.3 is 16.8 Å². The molecular weight excluding hydrogens is 426 g/mol. The van der Waals surface area contributed by atoms with Gasteiger partial charge in [-0.3, -0.25) is 19.9 Å². The maximum Gasteiger partial charge on any atom is 0.258 e. The highest BCUT2D eigenvalue weighted by molar-refractivity contribution is 6.31. The SMILES string of the molecule is N=C(N)c1cccc(C(=O)N(CC(=O)NCC2CCC(CN)CC2)c2cccc(Cl)c2)c1. The molecule has 0 heterocycles. The van der Waals surface area contributed by atoms with Gasteiger partial charge in [0.2, 0.25) is 5.91 Å². The Bertz CT molecular complexity index is 972. The van der Waals surface area contributed by atoms with Gasteiger partial charge in [0.1, 0.15) is 12.4 Å². The number of nitrogen functional groups attached to an aromatic ring is 1. The summed E-state index contributed by atoms with van der Waals surface area (Å²) in [6, 6.07) is 13.3. The van der Waals surface area contributed by atoms with E-state index >= 15 is 0 Å². The smallest absolute Gasteiger partial charge is 0.258 e. The summed E-state index contributed by atoms with van der Waals surface area (Å²) in [6.45, 7) is 1.18. The Morgan fingerprint density at radius 2 is 1.69 bits per heavy atom. The molecule has 0 aliphatic heterocycles. The summed E-state index contributed by atoms with van der Waals surface area (Å²) in [5.41, 5.74) is 12.6. The molecule has 0 radical (unpaired) electrons. The molecule has 3 rings (SSSR count). The number of nitrogens with zero attached hydrogens (tertiary/aromatic N) is 1. The Balaban J connectivity index is 1.72. The van der Waals surface area contributed by atoms with Crippen molar-refractivity contribution in [3.05, 3.63) is 64.7 Å². The summed E-state index contributed by atoms with van der Waals surface area (Å²) >= 11 is 6.14. The Morgan fingerprint density at radius 3 is 2.34 bits per heavy atom. The number of benzene rings is 2. The quantitative estimate of drug-likeness (QED) is 0.360. The molecule has 1 aliphatic rings. The number of carbonyl (C=O) groups excluding carboxylic acids is 2. The summed E-state index contributed by atoms with van der Waals surface area (Å²) < 4.78 is 0. The average molecular weight is 456 g/mol. The van der Waals surface area contributed by atoms with Gasteiger partial charge in [-0.05, 0) is 74.4 Å². The molecule has 0 atom stereocenters. The van der Waals surface area contributed by atoms with Gasteiger partial charge in [-0.15, -0.1) is 0 Å². The number of amidine groups is 1. The van der Waals surface area contributed by atoms with Gasteiger partial charge >= 0.3 is 0 Å². The monoisotopic (exact) mass is 455 g/mol. The second-order valence-electron chi connectivity index (χ2n) is 8.29. The van der Waals surface area contributed by atoms with Gasteiger partial charge in [-0.1, -0.05) is 29.8 Å². The molecule has 0 bridgehead atoms. The summed E-state index contributed by atoms with van der Waals surface area (Å²) in [6.07, 6.45) is 4.29. The molecule has 8 heteroatoms. The van der Waals surface area contributed by atoms with E-state index in [-0.39, 0.29) is 24.2 Å². The minimum atomic E-state index is -0.367. The lowest BCUT2D eigenvalue weighted by molar-refractivity contribution is -0.120. The minimum Gasteiger partial charge on any atom is -0.384 e. The van der Waals surface area contributed by atoms with E-state index in [1.165, 1.54) is 4.90 Å². The van der Waals surface area contributed by atoms with Crippen LogP contribution in [0.2, 0.25) is 5.02 Å². The predicted octanol–water partition coefficient (Wildman–Crippen LogP) is 3.15. The van der Waals surface area contributed by atoms with Crippen LogP contribution in [0.15, 0.2) is 48.5 Å². The first kappa shape index (κ1) is 23.8. The molecule has 2 aromatic carbocycles. The lowest BCUT2D eigenvalue weighted by atomic mass is 9.82. The van der Waals surface area contributed by atoms with Crippen LogP contribution in [0.25, 0.3) is 0 Å². The van der Waals surface area contributed by atoms with Crippen LogP contribution in [0.4, 0.5) is 5.69 Å². The van der Waals surface area contributed by atoms with Gasteiger partial charge in [0.15, 0.2) is 0 Å². The maximum absolute atomic E-state index is 13.3. The molecule has 0 saturated heterocycles.